The number of para-hydroxylation sites is 1. The molecule has 0 fully saturated rings. The van der Waals surface area contributed by atoms with Crippen LogP contribution in [0.25, 0.3) is 0 Å². The Hall–Kier alpha value is -2.43. The summed E-state index contributed by atoms with van der Waals surface area (Å²) in [5, 5.41) is 2.65. The first-order chi connectivity index (χ1) is 8.25. The van der Waals surface area contributed by atoms with Gasteiger partial charge < -0.3 is 11.1 Å². The molecule has 1 amide bonds. The van der Waals surface area contributed by atoms with Crippen LogP contribution in [0.2, 0.25) is 0 Å². The lowest BCUT2D eigenvalue weighted by atomic mass is 10.1. The maximum absolute atomic E-state index is 11.7. The van der Waals surface area contributed by atoms with E-state index in [1.165, 1.54) is 12.4 Å². The van der Waals surface area contributed by atoms with Crippen molar-refractivity contribution < 1.29 is 4.79 Å². The molecule has 5 nitrogen and oxygen atoms in total. The number of hydrogen-bond acceptors (Lipinski definition) is 4. The predicted octanol–water partition coefficient (Wildman–Crippen LogP) is 1.24. The molecule has 3 N–H and O–H groups in total. The van der Waals surface area contributed by atoms with Gasteiger partial charge in [-0.05, 0) is 11.6 Å². The molecule has 86 valence electrons. The van der Waals surface area contributed by atoms with Crippen LogP contribution in [0.15, 0.2) is 42.9 Å². The Morgan fingerprint density at radius 3 is 2.82 bits per heavy atom. The van der Waals surface area contributed by atoms with Crippen molar-refractivity contribution in [1.82, 2.24) is 9.97 Å². The summed E-state index contributed by atoms with van der Waals surface area (Å²) in [5.41, 5.74) is 7.17. The minimum Gasteiger partial charge on any atom is -0.398 e. The number of nitrogens with one attached hydrogen (secondary N) is 1. The van der Waals surface area contributed by atoms with Gasteiger partial charge in [0.15, 0.2) is 5.82 Å². The maximum Gasteiger partial charge on any atom is 0.230 e. The number of nitrogen functional groups attached to an aromatic ring is 1. The Labute approximate surface area is 98.7 Å². The standard InChI is InChI=1S/C12H12N4O/c13-10-4-2-1-3-9(10)7-12(17)16-11-8-14-5-6-15-11/h1-6,8H,7,13H2,(H,15,16,17). The third-order valence-corrected chi connectivity index (χ3v) is 2.24. The van der Waals surface area contributed by atoms with Gasteiger partial charge >= 0.3 is 0 Å². The van der Waals surface area contributed by atoms with Crippen molar-refractivity contribution in [3.05, 3.63) is 48.4 Å². The quantitative estimate of drug-likeness (QED) is 0.774. The number of benzene rings is 1. The van der Waals surface area contributed by atoms with Gasteiger partial charge in [-0.15, -0.1) is 0 Å². The molecule has 2 aromatic rings. The summed E-state index contributed by atoms with van der Waals surface area (Å²) in [6, 6.07) is 7.28. The molecule has 0 spiro atoms. The lowest BCUT2D eigenvalue weighted by Crippen LogP contribution is -2.16. The average molecular weight is 228 g/mol. The van der Waals surface area contributed by atoms with Crippen LogP contribution >= 0.6 is 0 Å². The Morgan fingerprint density at radius 1 is 1.29 bits per heavy atom. The number of nitrogens with zero attached hydrogens (tertiary/aromatic N) is 2. The highest BCUT2D eigenvalue weighted by Gasteiger charge is 2.06. The molecule has 1 heterocycles. The molecule has 0 aliphatic rings. The van der Waals surface area contributed by atoms with Gasteiger partial charge in [-0.1, -0.05) is 18.2 Å². The first-order valence-electron chi connectivity index (χ1n) is 5.15. The number of hydrogen-bond donors (Lipinski definition) is 2. The first-order valence-corrected chi connectivity index (χ1v) is 5.15. The van der Waals surface area contributed by atoms with Crippen molar-refractivity contribution in [1.29, 1.82) is 0 Å². The van der Waals surface area contributed by atoms with E-state index < -0.39 is 0 Å². The minimum absolute atomic E-state index is 0.164. The summed E-state index contributed by atoms with van der Waals surface area (Å²) >= 11 is 0. The fraction of sp³-hybridized carbons (Fsp3) is 0.0833. The zero-order chi connectivity index (χ0) is 12.1. The highest BCUT2D eigenvalue weighted by atomic mass is 16.1. The van der Waals surface area contributed by atoms with Crippen molar-refractivity contribution in [2.24, 2.45) is 0 Å². The second-order valence-electron chi connectivity index (χ2n) is 3.51. The summed E-state index contributed by atoms with van der Waals surface area (Å²) in [4.78, 5) is 19.5. The van der Waals surface area contributed by atoms with Crippen molar-refractivity contribution in [3.63, 3.8) is 0 Å². The fourth-order valence-electron chi connectivity index (χ4n) is 1.42. The average Bonchev–Trinajstić information content (AvgIpc) is 2.33. The number of rotatable bonds is 3. The van der Waals surface area contributed by atoms with Gasteiger partial charge in [0.2, 0.25) is 5.91 Å². The largest absolute Gasteiger partial charge is 0.398 e. The molecule has 2 rings (SSSR count). The smallest absolute Gasteiger partial charge is 0.230 e. The van der Waals surface area contributed by atoms with Crippen LogP contribution in [0, 0.1) is 0 Å². The van der Waals surface area contributed by atoms with Gasteiger partial charge in [0.25, 0.3) is 0 Å². The van der Waals surface area contributed by atoms with Crippen LogP contribution in [-0.2, 0) is 11.2 Å². The molecule has 1 aromatic heterocycles. The van der Waals surface area contributed by atoms with Crippen molar-refractivity contribution in [2.45, 2.75) is 6.42 Å². The molecule has 1 aromatic carbocycles. The van der Waals surface area contributed by atoms with Crippen molar-refractivity contribution in [2.75, 3.05) is 11.1 Å². The van der Waals surface area contributed by atoms with E-state index in [-0.39, 0.29) is 12.3 Å². The molecule has 0 aliphatic carbocycles. The Kier molecular flexibility index (Phi) is 3.30. The third-order valence-electron chi connectivity index (χ3n) is 2.24. The molecular formula is C12H12N4O. The van der Waals surface area contributed by atoms with Crippen molar-refractivity contribution in [3.8, 4) is 0 Å². The van der Waals surface area contributed by atoms with Gasteiger partial charge in [-0.25, -0.2) is 4.98 Å². The lowest BCUT2D eigenvalue weighted by Gasteiger charge is -2.05. The van der Waals surface area contributed by atoms with E-state index in [0.29, 0.717) is 11.5 Å². The van der Waals surface area contributed by atoms with Crippen LogP contribution in [0.1, 0.15) is 5.56 Å². The van der Waals surface area contributed by atoms with Gasteiger partial charge in [0.1, 0.15) is 0 Å². The fourth-order valence-corrected chi connectivity index (χ4v) is 1.42. The topological polar surface area (TPSA) is 80.9 Å². The van der Waals surface area contributed by atoms with E-state index in [1.807, 2.05) is 18.2 Å². The summed E-state index contributed by atoms with van der Waals surface area (Å²) in [5.74, 6) is 0.274. The van der Waals surface area contributed by atoms with E-state index in [2.05, 4.69) is 15.3 Å². The van der Waals surface area contributed by atoms with E-state index in [1.54, 1.807) is 12.3 Å². The molecule has 5 heteroatoms. The molecular weight excluding hydrogens is 216 g/mol. The molecule has 0 aliphatic heterocycles. The maximum atomic E-state index is 11.7. The Balaban J connectivity index is 2.01. The molecule has 0 bridgehead atoms. The van der Waals surface area contributed by atoms with E-state index in [4.69, 9.17) is 5.73 Å². The minimum atomic E-state index is -0.164. The lowest BCUT2D eigenvalue weighted by molar-refractivity contribution is -0.115. The molecule has 0 atom stereocenters. The molecule has 0 saturated carbocycles. The Bertz CT molecular complexity index is 513. The number of nitrogens with two attached hydrogens (primary N) is 1. The van der Waals surface area contributed by atoms with Crippen LogP contribution in [0.3, 0.4) is 0 Å². The van der Waals surface area contributed by atoms with Crippen LogP contribution in [0.5, 0.6) is 0 Å². The second kappa shape index (κ2) is 5.07. The van der Waals surface area contributed by atoms with Crippen LogP contribution < -0.4 is 11.1 Å². The van der Waals surface area contributed by atoms with E-state index in [9.17, 15) is 4.79 Å². The number of carbonyl (C=O) groups excluding carboxylic acids is 1. The zero-order valence-corrected chi connectivity index (χ0v) is 9.13. The molecule has 17 heavy (non-hydrogen) atoms. The highest BCUT2D eigenvalue weighted by molar-refractivity contribution is 5.91. The van der Waals surface area contributed by atoms with Crippen LogP contribution in [-0.4, -0.2) is 15.9 Å². The normalized spacial score (nSPS) is 9.88. The number of anilines is 2. The zero-order valence-electron chi connectivity index (χ0n) is 9.13. The summed E-state index contributed by atoms with van der Waals surface area (Å²) in [7, 11) is 0. The summed E-state index contributed by atoms with van der Waals surface area (Å²) in [6.07, 6.45) is 4.78. The molecule has 0 unspecified atom stereocenters. The van der Waals surface area contributed by atoms with Gasteiger partial charge in [0, 0.05) is 18.1 Å². The predicted molar refractivity (Wildman–Crippen MR) is 65.2 cm³/mol. The first kappa shape index (κ1) is 11.1. The van der Waals surface area contributed by atoms with E-state index >= 15 is 0 Å². The van der Waals surface area contributed by atoms with Crippen molar-refractivity contribution >= 4 is 17.4 Å². The Morgan fingerprint density at radius 2 is 2.12 bits per heavy atom. The van der Waals surface area contributed by atoms with Gasteiger partial charge in [0.05, 0.1) is 12.6 Å². The number of aromatic nitrogens is 2. The van der Waals surface area contributed by atoms with Crippen LogP contribution in [0.4, 0.5) is 11.5 Å². The third kappa shape index (κ3) is 3.01. The summed E-state index contributed by atoms with van der Waals surface area (Å²) < 4.78 is 0. The van der Waals surface area contributed by atoms with E-state index in [0.717, 1.165) is 5.56 Å². The number of carbonyl (C=O) groups is 1. The molecule has 0 saturated heterocycles. The van der Waals surface area contributed by atoms with Gasteiger partial charge in [-0.2, -0.15) is 0 Å². The van der Waals surface area contributed by atoms with Gasteiger partial charge in [-0.3, -0.25) is 9.78 Å². The monoisotopic (exact) mass is 228 g/mol. The second-order valence-corrected chi connectivity index (χ2v) is 3.51. The molecule has 0 radical (unpaired) electrons. The number of amides is 1. The summed E-state index contributed by atoms with van der Waals surface area (Å²) in [6.45, 7) is 0. The SMILES string of the molecule is Nc1ccccc1CC(=O)Nc1cnccn1. The highest BCUT2D eigenvalue weighted by Crippen LogP contribution is 2.11.